The maximum Gasteiger partial charge on any atom is 0.292 e. The molecule has 2 rings (SSSR count). The van der Waals surface area contributed by atoms with Crippen molar-refractivity contribution in [2.45, 2.75) is 20.0 Å². The first-order chi connectivity index (χ1) is 10.5. The van der Waals surface area contributed by atoms with Gasteiger partial charge in [-0.1, -0.05) is 30.3 Å². The average molecular weight is 300 g/mol. The fourth-order valence-corrected chi connectivity index (χ4v) is 1.91. The van der Waals surface area contributed by atoms with Crippen LogP contribution in [-0.2, 0) is 4.79 Å². The zero-order valence-electron chi connectivity index (χ0n) is 12.3. The van der Waals surface area contributed by atoms with Crippen LogP contribution < -0.4 is 10.1 Å². The number of aryl methyl sites for hydroxylation is 1. The molecule has 0 heterocycles. The normalized spacial score (nSPS) is 11.5. The molecule has 6 heteroatoms. The summed E-state index contributed by atoms with van der Waals surface area (Å²) in [5, 5.41) is 13.5. The standard InChI is InChI=1S/C16H16N2O4/c1-11-7-3-6-10-15(11)22-12(2)16(19)17-13-8-4-5-9-14(13)18(20)21/h3-10,12H,1-2H3,(H,17,19). The molecule has 0 aliphatic carbocycles. The molecule has 0 fully saturated rings. The first-order valence-electron chi connectivity index (χ1n) is 6.75. The maximum atomic E-state index is 12.1. The van der Waals surface area contributed by atoms with Crippen LogP contribution in [0, 0.1) is 17.0 Å². The van der Waals surface area contributed by atoms with Gasteiger partial charge in [0.05, 0.1) is 4.92 Å². The lowest BCUT2D eigenvalue weighted by molar-refractivity contribution is -0.383. The third kappa shape index (κ3) is 3.60. The number of benzene rings is 2. The van der Waals surface area contributed by atoms with E-state index >= 15 is 0 Å². The van der Waals surface area contributed by atoms with Crippen molar-refractivity contribution in [1.29, 1.82) is 0 Å². The predicted octanol–water partition coefficient (Wildman–Crippen LogP) is 3.31. The number of para-hydroxylation sites is 3. The SMILES string of the molecule is Cc1ccccc1OC(C)C(=O)Nc1ccccc1[N+](=O)[O-]. The summed E-state index contributed by atoms with van der Waals surface area (Å²) in [6.45, 7) is 3.47. The number of nitro benzene ring substituents is 1. The second kappa shape index (κ2) is 6.71. The van der Waals surface area contributed by atoms with Crippen molar-refractivity contribution in [3.8, 4) is 5.75 Å². The Bertz CT molecular complexity index is 700. The van der Waals surface area contributed by atoms with Gasteiger partial charge in [-0.25, -0.2) is 0 Å². The third-order valence-corrected chi connectivity index (χ3v) is 3.13. The van der Waals surface area contributed by atoms with Crippen LogP contribution in [0.4, 0.5) is 11.4 Å². The molecule has 0 radical (unpaired) electrons. The number of nitro groups is 1. The Balaban J connectivity index is 2.09. The molecule has 0 aliphatic heterocycles. The van der Waals surface area contributed by atoms with Crippen molar-refractivity contribution in [3.63, 3.8) is 0 Å². The molecule has 2 aromatic rings. The van der Waals surface area contributed by atoms with Gasteiger partial charge in [0, 0.05) is 6.07 Å². The van der Waals surface area contributed by atoms with Gasteiger partial charge in [0.2, 0.25) is 0 Å². The second-order valence-electron chi connectivity index (χ2n) is 4.79. The molecule has 0 saturated heterocycles. The highest BCUT2D eigenvalue weighted by Gasteiger charge is 2.20. The lowest BCUT2D eigenvalue weighted by Crippen LogP contribution is -2.30. The summed E-state index contributed by atoms with van der Waals surface area (Å²) in [5.41, 5.74) is 0.907. The van der Waals surface area contributed by atoms with Gasteiger partial charge in [0.1, 0.15) is 11.4 Å². The van der Waals surface area contributed by atoms with Gasteiger partial charge in [0.15, 0.2) is 6.10 Å². The summed E-state index contributed by atoms with van der Waals surface area (Å²) >= 11 is 0. The summed E-state index contributed by atoms with van der Waals surface area (Å²) in [7, 11) is 0. The number of rotatable bonds is 5. The number of hydrogen-bond donors (Lipinski definition) is 1. The molecule has 0 aromatic heterocycles. The van der Waals surface area contributed by atoms with Gasteiger partial charge in [-0.15, -0.1) is 0 Å². The quantitative estimate of drug-likeness (QED) is 0.678. The Labute approximate surface area is 127 Å². The zero-order chi connectivity index (χ0) is 16.1. The van der Waals surface area contributed by atoms with E-state index in [9.17, 15) is 14.9 Å². The van der Waals surface area contributed by atoms with Gasteiger partial charge in [-0.05, 0) is 31.5 Å². The number of hydrogen-bond acceptors (Lipinski definition) is 4. The maximum absolute atomic E-state index is 12.1. The van der Waals surface area contributed by atoms with E-state index in [1.807, 2.05) is 25.1 Å². The Morgan fingerprint density at radius 3 is 2.50 bits per heavy atom. The van der Waals surface area contributed by atoms with E-state index in [1.165, 1.54) is 12.1 Å². The van der Waals surface area contributed by atoms with Crippen molar-refractivity contribution in [1.82, 2.24) is 0 Å². The van der Waals surface area contributed by atoms with Crippen LogP contribution in [0.5, 0.6) is 5.75 Å². The lowest BCUT2D eigenvalue weighted by Gasteiger charge is -2.16. The van der Waals surface area contributed by atoms with Crippen LogP contribution in [0.1, 0.15) is 12.5 Å². The number of ether oxygens (including phenoxy) is 1. The topological polar surface area (TPSA) is 81.5 Å². The minimum atomic E-state index is -0.777. The van der Waals surface area contributed by atoms with Gasteiger partial charge in [-0.3, -0.25) is 14.9 Å². The highest BCUT2D eigenvalue weighted by molar-refractivity contribution is 5.96. The number of carbonyl (C=O) groups is 1. The van der Waals surface area contributed by atoms with Gasteiger partial charge in [-0.2, -0.15) is 0 Å². The highest BCUT2D eigenvalue weighted by atomic mass is 16.6. The molecule has 2 aromatic carbocycles. The van der Waals surface area contributed by atoms with E-state index in [0.29, 0.717) is 5.75 Å². The number of carbonyl (C=O) groups excluding carboxylic acids is 1. The fraction of sp³-hybridized carbons (Fsp3) is 0.188. The van der Waals surface area contributed by atoms with E-state index < -0.39 is 16.9 Å². The second-order valence-corrected chi connectivity index (χ2v) is 4.79. The highest BCUT2D eigenvalue weighted by Crippen LogP contribution is 2.24. The van der Waals surface area contributed by atoms with Crippen LogP contribution in [0.3, 0.4) is 0 Å². The van der Waals surface area contributed by atoms with Crippen LogP contribution in [-0.4, -0.2) is 16.9 Å². The summed E-state index contributed by atoms with van der Waals surface area (Å²) in [6.07, 6.45) is -0.777. The summed E-state index contributed by atoms with van der Waals surface area (Å²) < 4.78 is 5.60. The van der Waals surface area contributed by atoms with Gasteiger partial charge >= 0.3 is 0 Å². The number of nitrogens with zero attached hydrogens (tertiary/aromatic N) is 1. The predicted molar refractivity (Wildman–Crippen MR) is 83.0 cm³/mol. The Kier molecular flexibility index (Phi) is 4.73. The largest absolute Gasteiger partial charge is 0.481 e. The number of nitrogens with one attached hydrogen (secondary N) is 1. The van der Waals surface area contributed by atoms with Gasteiger partial charge in [0.25, 0.3) is 11.6 Å². The molecule has 1 amide bonds. The zero-order valence-corrected chi connectivity index (χ0v) is 12.3. The minimum absolute atomic E-state index is 0.151. The molecule has 0 bridgehead atoms. The Morgan fingerprint density at radius 2 is 1.82 bits per heavy atom. The number of anilines is 1. The van der Waals surface area contributed by atoms with Crippen LogP contribution in [0.25, 0.3) is 0 Å². The van der Waals surface area contributed by atoms with E-state index in [0.717, 1.165) is 5.56 Å². The molecular weight excluding hydrogens is 284 g/mol. The van der Waals surface area contributed by atoms with Crippen molar-refractivity contribution >= 4 is 17.3 Å². The molecule has 0 aliphatic rings. The summed E-state index contributed by atoms with van der Waals surface area (Å²) in [5.74, 6) is 0.158. The Hall–Kier alpha value is -2.89. The smallest absolute Gasteiger partial charge is 0.292 e. The molecule has 114 valence electrons. The molecule has 0 spiro atoms. The van der Waals surface area contributed by atoms with Crippen LogP contribution in [0.15, 0.2) is 48.5 Å². The summed E-state index contributed by atoms with van der Waals surface area (Å²) in [6, 6.07) is 13.3. The van der Waals surface area contributed by atoms with E-state index in [4.69, 9.17) is 4.74 Å². The summed E-state index contributed by atoms with van der Waals surface area (Å²) in [4.78, 5) is 22.5. The van der Waals surface area contributed by atoms with Crippen molar-refractivity contribution in [2.24, 2.45) is 0 Å². The average Bonchev–Trinajstić information content (AvgIpc) is 2.49. The van der Waals surface area contributed by atoms with Gasteiger partial charge < -0.3 is 10.1 Å². The lowest BCUT2D eigenvalue weighted by atomic mass is 10.2. The minimum Gasteiger partial charge on any atom is -0.481 e. The first-order valence-corrected chi connectivity index (χ1v) is 6.75. The first kappa shape index (κ1) is 15.5. The van der Waals surface area contributed by atoms with Crippen molar-refractivity contribution in [2.75, 3.05) is 5.32 Å². The monoisotopic (exact) mass is 300 g/mol. The molecule has 1 N–H and O–H groups in total. The molecule has 1 unspecified atom stereocenters. The molecule has 1 atom stereocenters. The van der Waals surface area contributed by atoms with E-state index in [1.54, 1.807) is 25.1 Å². The molecule has 0 saturated carbocycles. The van der Waals surface area contributed by atoms with E-state index in [2.05, 4.69) is 5.32 Å². The van der Waals surface area contributed by atoms with Crippen LogP contribution in [0.2, 0.25) is 0 Å². The fourth-order valence-electron chi connectivity index (χ4n) is 1.91. The number of amides is 1. The molecule has 22 heavy (non-hydrogen) atoms. The van der Waals surface area contributed by atoms with Crippen molar-refractivity contribution in [3.05, 3.63) is 64.2 Å². The molecular formula is C16H16N2O4. The Morgan fingerprint density at radius 1 is 1.18 bits per heavy atom. The molecule has 6 nitrogen and oxygen atoms in total. The van der Waals surface area contributed by atoms with Crippen molar-refractivity contribution < 1.29 is 14.5 Å². The third-order valence-electron chi connectivity index (χ3n) is 3.13. The van der Waals surface area contributed by atoms with Crippen LogP contribution >= 0.6 is 0 Å². The van der Waals surface area contributed by atoms with E-state index in [-0.39, 0.29) is 11.4 Å².